The van der Waals surface area contributed by atoms with Crippen LogP contribution in [0.2, 0.25) is 5.02 Å². The van der Waals surface area contributed by atoms with Gasteiger partial charge in [-0.2, -0.15) is 4.31 Å². The first-order valence-electron chi connectivity index (χ1n) is 8.44. The van der Waals surface area contributed by atoms with Crippen molar-refractivity contribution >= 4 is 38.6 Å². The molecule has 146 valence electrons. The molecule has 8 nitrogen and oxygen atoms in total. The van der Waals surface area contributed by atoms with Gasteiger partial charge < -0.3 is 9.73 Å². The largest absolute Gasteiger partial charge is 0.419 e. The zero-order chi connectivity index (χ0) is 20.1. The number of aryl methyl sites for hydroxylation is 1. The van der Waals surface area contributed by atoms with Crippen molar-refractivity contribution in [2.75, 3.05) is 13.1 Å². The number of oxazole rings is 1. The molecule has 1 aromatic heterocycles. The van der Waals surface area contributed by atoms with Gasteiger partial charge in [-0.3, -0.25) is 9.36 Å². The lowest BCUT2D eigenvalue weighted by molar-refractivity contribution is -0.126. The summed E-state index contributed by atoms with van der Waals surface area (Å²) in [5.41, 5.74) is 1.03. The Morgan fingerprint density at radius 1 is 1.18 bits per heavy atom. The second kappa shape index (κ2) is 6.77. The first-order chi connectivity index (χ1) is 13.3. The number of piperazine rings is 1. The highest BCUT2D eigenvalue weighted by molar-refractivity contribution is 7.89. The van der Waals surface area contributed by atoms with Crippen molar-refractivity contribution in [1.82, 2.24) is 14.2 Å². The Morgan fingerprint density at radius 3 is 2.68 bits per heavy atom. The van der Waals surface area contributed by atoms with E-state index in [0.29, 0.717) is 16.1 Å². The summed E-state index contributed by atoms with van der Waals surface area (Å²) in [7, 11) is -2.53. The van der Waals surface area contributed by atoms with Crippen LogP contribution in [0.4, 0.5) is 0 Å². The van der Waals surface area contributed by atoms with Crippen LogP contribution in [-0.4, -0.2) is 36.3 Å². The molecule has 1 saturated heterocycles. The summed E-state index contributed by atoms with van der Waals surface area (Å²) in [6, 6.07) is 9.72. The first-order valence-corrected chi connectivity index (χ1v) is 10.3. The molecule has 0 saturated carbocycles. The second-order valence-corrected chi connectivity index (χ2v) is 8.69. The van der Waals surface area contributed by atoms with Gasteiger partial charge in [-0.05, 0) is 23.8 Å². The number of halogens is 1. The van der Waals surface area contributed by atoms with E-state index in [0.717, 1.165) is 4.31 Å². The van der Waals surface area contributed by atoms with Crippen LogP contribution < -0.4 is 11.1 Å². The summed E-state index contributed by atoms with van der Waals surface area (Å²) in [6.45, 7) is 0.266. The van der Waals surface area contributed by atoms with E-state index in [9.17, 15) is 18.0 Å². The molecule has 1 atom stereocenters. The summed E-state index contributed by atoms with van der Waals surface area (Å²) >= 11 is 6.23. The number of nitrogens with one attached hydrogen (secondary N) is 1. The first kappa shape index (κ1) is 18.7. The van der Waals surface area contributed by atoms with Crippen molar-refractivity contribution in [3.8, 4) is 0 Å². The Bertz CT molecular complexity index is 1250. The van der Waals surface area contributed by atoms with E-state index in [4.69, 9.17) is 16.0 Å². The summed E-state index contributed by atoms with van der Waals surface area (Å²) in [4.78, 5) is 24.2. The molecule has 28 heavy (non-hydrogen) atoms. The number of sulfonamides is 1. The molecule has 2 heterocycles. The normalized spacial score (nSPS) is 18.4. The fourth-order valence-electron chi connectivity index (χ4n) is 3.31. The summed E-state index contributed by atoms with van der Waals surface area (Å²) < 4.78 is 34.2. The number of aromatic nitrogens is 1. The Balaban J connectivity index is 1.83. The van der Waals surface area contributed by atoms with Crippen molar-refractivity contribution in [1.29, 1.82) is 0 Å². The molecule has 1 amide bonds. The van der Waals surface area contributed by atoms with Crippen LogP contribution in [0.1, 0.15) is 11.6 Å². The van der Waals surface area contributed by atoms with Crippen LogP contribution >= 0.6 is 11.6 Å². The third-order valence-electron chi connectivity index (χ3n) is 4.74. The molecule has 0 bridgehead atoms. The zero-order valence-electron chi connectivity index (χ0n) is 14.8. The van der Waals surface area contributed by atoms with Crippen molar-refractivity contribution in [3.63, 3.8) is 0 Å². The number of fused-ring (bicyclic) bond motifs is 1. The third-order valence-corrected chi connectivity index (χ3v) is 6.94. The van der Waals surface area contributed by atoms with Crippen LogP contribution in [0, 0.1) is 0 Å². The van der Waals surface area contributed by atoms with Crippen LogP contribution in [0.15, 0.2) is 56.6 Å². The fourth-order valence-corrected chi connectivity index (χ4v) is 5.13. The summed E-state index contributed by atoms with van der Waals surface area (Å²) in [5.74, 6) is -1.04. The lowest BCUT2D eigenvalue weighted by Gasteiger charge is -2.34. The topological polar surface area (TPSA) is 102 Å². The highest BCUT2D eigenvalue weighted by atomic mass is 35.5. The monoisotopic (exact) mass is 421 g/mol. The van der Waals surface area contributed by atoms with Crippen LogP contribution in [-0.2, 0) is 21.9 Å². The molecular weight excluding hydrogens is 406 g/mol. The Labute approximate surface area is 165 Å². The maximum atomic E-state index is 13.3. The summed E-state index contributed by atoms with van der Waals surface area (Å²) in [6.07, 6.45) is 0. The molecule has 1 fully saturated rings. The molecule has 0 spiro atoms. The molecule has 0 radical (unpaired) electrons. The molecule has 1 N–H and O–H groups in total. The SMILES string of the molecule is Cn1c(=O)oc2cc(S(=O)(=O)N3CCNC(=O)C3c3ccccc3Cl)ccc21. The number of hydrogen-bond donors (Lipinski definition) is 1. The summed E-state index contributed by atoms with van der Waals surface area (Å²) in [5, 5.41) is 2.99. The quantitative estimate of drug-likeness (QED) is 0.692. The molecule has 10 heteroatoms. The minimum Gasteiger partial charge on any atom is -0.408 e. The second-order valence-electron chi connectivity index (χ2n) is 6.39. The van der Waals surface area contributed by atoms with E-state index < -0.39 is 27.7 Å². The average Bonchev–Trinajstić information content (AvgIpc) is 2.96. The van der Waals surface area contributed by atoms with Crippen molar-refractivity contribution in [3.05, 3.63) is 63.6 Å². The third kappa shape index (κ3) is 2.92. The minimum absolute atomic E-state index is 0.0684. The van der Waals surface area contributed by atoms with Gasteiger partial charge in [0.15, 0.2) is 5.58 Å². The Hall–Kier alpha value is -2.62. The molecule has 1 aliphatic rings. The van der Waals surface area contributed by atoms with Gasteiger partial charge in [0.2, 0.25) is 15.9 Å². The molecule has 0 aliphatic carbocycles. The van der Waals surface area contributed by atoms with E-state index in [2.05, 4.69) is 5.32 Å². The Morgan fingerprint density at radius 2 is 1.93 bits per heavy atom. The maximum absolute atomic E-state index is 13.3. The number of nitrogens with zero attached hydrogens (tertiary/aromatic N) is 2. The van der Waals surface area contributed by atoms with Gasteiger partial charge in [0.05, 0.1) is 10.4 Å². The number of benzene rings is 2. The maximum Gasteiger partial charge on any atom is 0.419 e. The molecule has 1 unspecified atom stereocenters. The number of amides is 1. The molecule has 4 rings (SSSR count). The van der Waals surface area contributed by atoms with Gasteiger partial charge in [-0.1, -0.05) is 29.8 Å². The number of carbonyl (C=O) groups is 1. The standard InChI is InChI=1S/C18H16ClN3O5S/c1-21-14-7-6-11(10-15(14)27-18(21)24)28(25,26)22-9-8-20-17(23)16(22)12-4-2-3-5-13(12)19/h2-7,10,16H,8-9H2,1H3,(H,20,23). The van der Waals surface area contributed by atoms with Gasteiger partial charge in [0.1, 0.15) is 6.04 Å². The number of rotatable bonds is 3. The number of carbonyl (C=O) groups excluding carboxylic acids is 1. The van der Waals surface area contributed by atoms with E-state index in [1.54, 1.807) is 24.3 Å². The van der Waals surface area contributed by atoms with Crippen molar-refractivity contribution in [2.45, 2.75) is 10.9 Å². The van der Waals surface area contributed by atoms with Gasteiger partial charge >= 0.3 is 5.76 Å². The van der Waals surface area contributed by atoms with Crippen LogP contribution in [0.25, 0.3) is 11.1 Å². The lowest BCUT2D eigenvalue weighted by Crippen LogP contribution is -2.52. The fraction of sp³-hybridized carbons (Fsp3) is 0.222. The predicted molar refractivity (Wildman–Crippen MR) is 103 cm³/mol. The van der Waals surface area contributed by atoms with E-state index in [1.165, 1.54) is 29.8 Å². The average molecular weight is 422 g/mol. The van der Waals surface area contributed by atoms with E-state index in [1.807, 2.05) is 0 Å². The van der Waals surface area contributed by atoms with Gasteiger partial charge in [0.25, 0.3) is 0 Å². The molecule has 3 aromatic rings. The van der Waals surface area contributed by atoms with Crippen LogP contribution in [0.3, 0.4) is 0 Å². The van der Waals surface area contributed by atoms with Gasteiger partial charge in [-0.25, -0.2) is 13.2 Å². The van der Waals surface area contributed by atoms with Gasteiger partial charge in [-0.15, -0.1) is 0 Å². The van der Waals surface area contributed by atoms with E-state index in [-0.39, 0.29) is 23.6 Å². The highest BCUT2D eigenvalue weighted by Gasteiger charge is 2.40. The minimum atomic E-state index is -4.06. The predicted octanol–water partition coefficient (Wildman–Crippen LogP) is 1.65. The zero-order valence-corrected chi connectivity index (χ0v) is 16.3. The van der Waals surface area contributed by atoms with Crippen molar-refractivity contribution in [2.24, 2.45) is 7.05 Å². The molecular formula is C18H16ClN3O5S. The van der Waals surface area contributed by atoms with Crippen molar-refractivity contribution < 1.29 is 17.6 Å². The molecule has 2 aromatic carbocycles. The smallest absolute Gasteiger partial charge is 0.408 e. The highest BCUT2D eigenvalue weighted by Crippen LogP contribution is 2.34. The van der Waals surface area contributed by atoms with Gasteiger partial charge in [0, 0.05) is 31.2 Å². The van der Waals surface area contributed by atoms with Crippen LogP contribution in [0.5, 0.6) is 0 Å². The van der Waals surface area contributed by atoms with E-state index >= 15 is 0 Å². The number of hydrogen-bond acceptors (Lipinski definition) is 5. The molecule has 1 aliphatic heterocycles. The lowest BCUT2D eigenvalue weighted by atomic mass is 10.0. The Kier molecular flexibility index (Phi) is 4.53.